The zero-order valence-corrected chi connectivity index (χ0v) is 14.7. The quantitative estimate of drug-likeness (QED) is 0.589. The number of carbonyl (C=O) groups is 1. The topological polar surface area (TPSA) is 54.5 Å². The second kappa shape index (κ2) is 7.77. The fourth-order valence-corrected chi connectivity index (χ4v) is 4.13. The van der Waals surface area contributed by atoms with Gasteiger partial charge in [0.15, 0.2) is 0 Å². The first-order chi connectivity index (χ1) is 10.9. The highest BCUT2D eigenvalue weighted by Gasteiger charge is 2.30. The highest BCUT2D eigenvalue weighted by atomic mass is 32.2. The number of aryl methyl sites for hydroxylation is 1. The lowest BCUT2D eigenvalue weighted by atomic mass is 9.97. The molecule has 126 valence electrons. The second-order valence-electron chi connectivity index (χ2n) is 6.13. The Hall–Kier alpha value is -1.62. The molecule has 4 nitrogen and oxygen atoms in total. The van der Waals surface area contributed by atoms with Crippen molar-refractivity contribution < 1.29 is 13.2 Å². The van der Waals surface area contributed by atoms with Gasteiger partial charge in [0.05, 0.1) is 11.4 Å². The van der Waals surface area contributed by atoms with Crippen molar-refractivity contribution in [3.8, 4) is 0 Å². The molecule has 0 N–H and O–H groups in total. The molecule has 5 heteroatoms. The van der Waals surface area contributed by atoms with Crippen LogP contribution >= 0.6 is 0 Å². The SMILES string of the molecule is CCCCCC1C=CCN(S(=O)(=O)c2ccc(C)cc2)C(=O)C1. The number of benzene rings is 1. The molecule has 0 spiro atoms. The Bertz CT molecular complexity index is 662. The molecule has 1 unspecified atom stereocenters. The summed E-state index contributed by atoms with van der Waals surface area (Å²) in [5.41, 5.74) is 0.988. The minimum absolute atomic E-state index is 0.124. The van der Waals surface area contributed by atoms with Crippen LogP contribution in [0.15, 0.2) is 41.3 Å². The average Bonchev–Trinajstić information content (AvgIpc) is 2.70. The maximum absolute atomic E-state index is 12.7. The van der Waals surface area contributed by atoms with E-state index < -0.39 is 10.0 Å². The third-order valence-corrected chi connectivity index (χ3v) is 5.98. The van der Waals surface area contributed by atoms with Gasteiger partial charge in [-0.15, -0.1) is 0 Å². The summed E-state index contributed by atoms with van der Waals surface area (Å²) in [7, 11) is -3.77. The van der Waals surface area contributed by atoms with E-state index in [9.17, 15) is 13.2 Å². The van der Waals surface area contributed by atoms with Crippen molar-refractivity contribution in [3.63, 3.8) is 0 Å². The van der Waals surface area contributed by atoms with Gasteiger partial charge in [-0.1, -0.05) is 56.0 Å². The van der Waals surface area contributed by atoms with Gasteiger partial charge in [-0.25, -0.2) is 12.7 Å². The van der Waals surface area contributed by atoms with Crippen molar-refractivity contribution in [1.29, 1.82) is 0 Å². The number of nitrogens with zero attached hydrogens (tertiary/aromatic N) is 1. The largest absolute Gasteiger partial charge is 0.274 e. The zero-order chi connectivity index (χ0) is 16.9. The minimum atomic E-state index is -3.77. The van der Waals surface area contributed by atoms with Crippen molar-refractivity contribution in [3.05, 3.63) is 42.0 Å². The molecule has 1 amide bonds. The van der Waals surface area contributed by atoms with Crippen LogP contribution < -0.4 is 0 Å². The van der Waals surface area contributed by atoms with Crippen LogP contribution in [0.2, 0.25) is 0 Å². The predicted octanol–water partition coefficient (Wildman–Crippen LogP) is 3.67. The number of hydrogen-bond donors (Lipinski definition) is 0. The lowest BCUT2D eigenvalue weighted by molar-refractivity contribution is -0.126. The van der Waals surface area contributed by atoms with Gasteiger partial charge in [0.25, 0.3) is 10.0 Å². The molecule has 23 heavy (non-hydrogen) atoms. The van der Waals surface area contributed by atoms with Gasteiger partial charge in [-0.05, 0) is 31.4 Å². The highest BCUT2D eigenvalue weighted by Crippen LogP contribution is 2.24. The zero-order valence-electron chi connectivity index (χ0n) is 13.9. The van der Waals surface area contributed by atoms with E-state index in [0.29, 0.717) is 0 Å². The summed E-state index contributed by atoms with van der Waals surface area (Å²) in [5.74, 6) is -0.163. The van der Waals surface area contributed by atoms with Gasteiger partial charge in [0.1, 0.15) is 0 Å². The van der Waals surface area contributed by atoms with E-state index >= 15 is 0 Å². The number of unbranched alkanes of at least 4 members (excludes halogenated alkanes) is 2. The van der Waals surface area contributed by atoms with Crippen molar-refractivity contribution in [2.24, 2.45) is 5.92 Å². The molecule has 0 aromatic heterocycles. The minimum Gasteiger partial charge on any atom is -0.274 e. The van der Waals surface area contributed by atoms with Crippen molar-refractivity contribution in [2.45, 2.75) is 50.8 Å². The van der Waals surface area contributed by atoms with E-state index in [-0.39, 0.29) is 29.7 Å². The van der Waals surface area contributed by atoms with Crippen LogP contribution in [0.4, 0.5) is 0 Å². The molecule has 1 aromatic rings. The van der Waals surface area contributed by atoms with E-state index in [0.717, 1.165) is 35.6 Å². The third kappa shape index (κ3) is 4.44. The normalized spacial score (nSPS) is 19.0. The monoisotopic (exact) mass is 335 g/mol. The van der Waals surface area contributed by atoms with Crippen LogP contribution in [-0.4, -0.2) is 25.2 Å². The molecule has 1 heterocycles. The van der Waals surface area contributed by atoms with Gasteiger partial charge in [-0.3, -0.25) is 4.79 Å². The second-order valence-corrected chi connectivity index (χ2v) is 7.99. The first-order valence-corrected chi connectivity index (χ1v) is 9.68. The highest BCUT2D eigenvalue weighted by molar-refractivity contribution is 7.89. The van der Waals surface area contributed by atoms with Gasteiger partial charge in [0, 0.05) is 6.42 Å². The Labute approximate surface area is 139 Å². The van der Waals surface area contributed by atoms with Crippen molar-refractivity contribution in [2.75, 3.05) is 6.54 Å². The lowest BCUT2D eigenvalue weighted by Crippen LogP contribution is -2.36. The third-order valence-electron chi connectivity index (χ3n) is 4.18. The first-order valence-electron chi connectivity index (χ1n) is 8.24. The first kappa shape index (κ1) is 17.7. The Balaban J connectivity index is 2.13. The van der Waals surface area contributed by atoms with E-state index in [1.165, 1.54) is 0 Å². The number of hydrogen-bond acceptors (Lipinski definition) is 3. The summed E-state index contributed by atoms with van der Waals surface area (Å²) in [6, 6.07) is 6.62. The lowest BCUT2D eigenvalue weighted by Gasteiger charge is -2.21. The molecular formula is C18H25NO3S. The summed E-state index contributed by atoms with van der Waals surface area (Å²) in [6.45, 7) is 4.17. The number of allylic oxidation sites excluding steroid dienone is 1. The molecule has 0 saturated heterocycles. The van der Waals surface area contributed by atoms with E-state index in [1.807, 2.05) is 19.1 Å². The summed E-state index contributed by atoms with van der Waals surface area (Å²) in [6.07, 6.45) is 8.37. The van der Waals surface area contributed by atoms with Crippen molar-refractivity contribution in [1.82, 2.24) is 4.31 Å². The smallest absolute Gasteiger partial charge is 0.266 e. The molecule has 0 radical (unpaired) electrons. The average molecular weight is 335 g/mol. The molecule has 0 bridgehead atoms. The van der Waals surface area contributed by atoms with Gasteiger partial charge in [-0.2, -0.15) is 0 Å². The van der Waals surface area contributed by atoms with Crippen LogP contribution in [0.25, 0.3) is 0 Å². The number of amides is 1. The number of carbonyl (C=O) groups excluding carboxylic acids is 1. The van der Waals surface area contributed by atoms with Crippen molar-refractivity contribution >= 4 is 15.9 Å². The summed E-state index contributed by atoms with van der Waals surface area (Å²) < 4.78 is 26.4. The van der Waals surface area contributed by atoms with Gasteiger partial charge < -0.3 is 0 Å². The van der Waals surface area contributed by atoms with E-state index in [2.05, 4.69) is 6.92 Å². The van der Waals surface area contributed by atoms with E-state index in [1.54, 1.807) is 24.3 Å². The molecule has 0 fully saturated rings. The van der Waals surface area contributed by atoms with Crippen LogP contribution in [0.3, 0.4) is 0 Å². The Morgan fingerprint density at radius 1 is 1.17 bits per heavy atom. The van der Waals surface area contributed by atoms with Crippen LogP contribution in [0, 0.1) is 12.8 Å². The molecule has 1 aromatic carbocycles. The van der Waals surface area contributed by atoms with Gasteiger partial charge in [0.2, 0.25) is 5.91 Å². The van der Waals surface area contributed by atoms with E-state index in [4.69, 9.17) is 0 Å². The molecule has 0 saturated carbocycles. The summed E-state index contributed by atoms with van der Waals surface area (Å²) >= 11 is 0. The van der Waals surface area contributed by atoms with Crippen LogP contribution in [-0.2, 0) is 14.8 Å². The number of sulfonamides is 1. The maximum Gasteiger partial charge on any atom is 0.266 e. The molecular weight excluding hydrogens is 310 g/mol. The predicted molar refractivity (Wildman–Crippen MR) is 91.5 cm³/mol. The summed E-state index contributed by atoms with van der Waals surface area (Å²) in [4.78, 5) is 12.6. The van der Waals surface area contributed by atoms with Gasteiger partial charge >= 0.3 is 0 Å². The Kier molecular flexibility index (Phi) is 5.99. The van der Waals surface area contributed by atoms with Crippen LogP contribution in [0.5, 0.6) is 0 Å². The Morgan fingerprint density at radius 2 is 1.87 bits per heavy atom. The standard InChI is InChI=1S/C18H25NO3S/c1-3-4-5-7-16-8-6-13-19(18(20)14-16)23(21,22)17-11-9-15(2)10-12-17/h6,8-12,16H,3-5,7,13-14H2,1-2H3. The fourth-order valence-electron chi connectivity index (χ4n) is 2.77. The molecule has 1 atom stereocenters. The number of rotatable bonds is 6. The molecule has 2 rings (SSSR count). The molecule has 1 aliphatic heterocycles. The summed E-state index contributed by atoms with van der Waals surface area (Å²) in [5, 5.41) is 0. The Morgan fingerprint density at radius 3 is 2.52 bits per heavy atom. The molecule has 0 aliphatic carbocycles. The maximum atomic E-state index is 12.7. The van der Waals surface area contributed by atoms with Crippen LogP contribution in [0.1, 0.15) is 44.6 Å². The molecule has 1 aliphatic rings. The fraction of sp³-hybridized carbons (Fsp3) is 0.500.